The van der Waals surface area contributed by atoms with E-state index in [9.17, 15) is 4.79 Å². The first-order valence-electron chi connectivity index (χ1n) is 7.41. The zero-order valence-electron chi connectivity index (χ0n) is 12.6. The minimum atomic E-state index is -0.323. The second-order valence-electron chi connectivity index (χ2n) is 5.54. The molecule has 1 aromatic heterocycles. The van der Waals surface area contributed by atoms with Crippen LogP contribution in [0.15, 0.2) is 6.20 Å². The topological polar surface area (TPSA) is 53.3 Å². The van der Waals surface area contributed by atoms with Crippen molar-refractivity contribution in [2.24, 2.45) is 13.0 Å². The van der Waals surface area contributed by atoms with E-state index in [0.29, 0.717) is 24.9 Å². The van der Waals surface area contributed by atoms with Gasteiger partial charge in [-0.15, -0.1) is 0 Å². The maximum atomic E-state index is 11.8. The number of carbonyl (C=O) groups excluding carboxylic acids is 1. The summed E-state index contributed by atoms with van der Waals surface area (Å²) in [6, 6.07) is 0. The maximum absolute atomic E-state index is 11.8. The molecule has 0 radical (unpaired) electrons. The third-order valence-corrected chi connectivity index (χ3v) is 3.98. The van der Waals surface area contributed by atoms with E-state index in [0.717, 1.165) is 24.5 Å². The number of aryl methyl sites for hydroxylation is 1. The van der Waals surface area contributed by atoms with Gasteiger partial charge in [-0.1, -0.05) is 6.92 Å². The molecule has 0 aliphatic heterocycles. The summed E-state index contributed by atoms with van der Waals surface area (Å²) in [7, 11) is 1.82. The third kappa shape index (κ3) is 3.60. The second kappa shape index (κ2) is 6.88. The Bertz CT molecular complexity index is 448. The lowest BCUT2D eigenvalue weighted by Crippen LogP contribution is -2.21. The van der Waals surface area contributed by atoms with Gasteiger partial charge in [0, 0.05) is 7.05 Å². The molecule has 0 N–H and O–H groups in total. The van der Waals surface area contributed by atoms with E-state index in [1.54, 1.807) is 17.8 Å². The summed E-state index contributed by atoms with van der Waals surface area (Å²) in [5.41, 5.74) is 1.31. The number of rotatable bonds is 5. The molecule has 1 aliphatic rings. The van der Waals surface area contributed by atoms with Crippen LogP contribution in [-0.2, 0) is 23.1 Å². The Kier molecular flexibility index (Phi) is 5.17. The van der Waals surface area contributed by atoms with Crippen LogP contribution in [0, 0.1) is 5.92 Å². The smallest absolute Gasteiger partial charge is 0.341 e. The van der Waals surface area contributed by atoms with Crippen molar-refractivity contribution in [1.82, 2.24) is 9.78 Å². The zero-order valence-corrected chi connectivity index (χ0v) is 12.6. The van der Waals surface area contributed by atoms with E-state index in [-0.39, 0.29) is 5.97 Å². The van der Waals surface area contributed by atoms with E-state index in [4.69, 9.17) is 9.47 Å². The van der Waals surface area contributed by atoms with E-state index < -0.39 is 0 Å². The summed E-state index contributed by atoms with van der Waals surface area (Å²) in [6.45, 7) is 4.88. The van der Waals surface area contributed by atoms with Crippen LogP contribution in [0.5, 0.6) is 0 Å². The molecule has 5 heteroatoms. The number of hydrogen-bond acceptors (Lipinski definition) is 4. The summed E-state index contributed by atoms with van der Waals surface area (Å²) in [5.74, 6) is 0.484. The van der Waals surface area contributed by atoms with Crippen molar-refractivity contribution in [3.05, 3.63) is 17.5 Å². The lowest BCUT2D eigenvalue weighted by molar-refractivity contribution is 0.00520. The van der Waals surface area contributed by atoms with E-state index in [1.807, 2.05) is 7.05 Å². The summed E-state index contributed by atoms with van der Waals surface area (Å²) in [6.07, 6.45) is 6.51. The lowest BCUT2D eigenvalue weighted by Gasteiger charge is -2.26. The molecule has 2 rings (SSSR count). The van der Waals surface area contributed by atoms with Crippen LogP contribution in [0.1, 0.15) is 55.6 Å². The maximum Gasteiger partial charge on any atom is 0.341 e. The number of ether oxygens (including phenoxy) is 2. The van der Waals surface area contributed by atoms with Crippen LogP contribution in [0.3, 0.4) is 0 Å². The van der Waals surface area contributed by atoms with Gasteiger partial charge < -0.3 is 9.47 Å². The number of esters is 1. The molecule has 112 valence electrons. The highest BCUT2D eigenvalue weighted by Gasteiger charge is 2.21. The minimum absolute atomic E-state index is 0.302. The number of nitrogens with zero attached hydrogens (tertiary/aromatic N) is 2. The minimum Gasteiger partial charge on any atom is -0.462 e. The Morgan fingerprint density at radius 2 is 2.10 bits per heavy atom. The van der Waals surface area contributed by atoms with Crippen molar-refractivity contribution in [3.63, 3.8) is 0 Å². The summed E-state index contributed by atoms with van der Waals surface area (Å²) in [4.78, 5) is 11.8. The molecule has 20 heavy (non-hydrogen) atoms. The highest BCUT2D eigenvalue weighted by Crippen LogP contribution is 2.26. The second-order valence-corrected chi connectivity index (χ2v) is 5.54. The van der Waals surface area contributed by atoms with Gasteiger partial charge in [-0.25, -0.2) is 4.79 Å². The van der Waals surface area contributed by atoms with Gasteiger partial charge in [0.25, 0.3) is 0 Å². The summed E-state index contributed by atoms with van der Waals surface area (Å²) < 4.78 is 12.7. The first kappa shape index (κ1) is 15.0. The molecule has 1 aromatic rings. The van der Waals surface area contributed by atoms with Gasteiger partial charge in [-0.05, 0) is 38.5 Å². The highest BCUT2D eigenvalue weighted by atomic mass is 16.5. The molecular weight excluding hydrogens is 256 g/mol. The Morgan fingerprint density at radius 3 is 2.75 bits per heavy atom. The molecule has 1 heterocycles. The largest absolute Gasteiger partial charge is 0.462 e. The molecule has 0 spiro atoms. The monoisotopic (exact) mass is 280 g/mol. The van der Waals surface area contributed by atoms with Gasteiger partial charge in [-0.3, -0.25) is 4.68 Å². The van der Waals surface area contributed by atoms with Crippen molar-refractivity contribution in [1.29, 1.82) is 0 Å². The Hall–Kier alpha value is -1.36. The number of carbonyl (C=O) groups is 1. The molecule has 0 bridgehead atoms. The van der Waals surface area contributed by atoms with Crippen molar-refractivity contribution >= 4 is 5.97 Å². The molecule has 1 saturated carbocycles. The van der Waals surface area contributed by atoms with Gasteiger partial charge in [-0.2, -0.15) is 5.10 Å². The predicted octanol–water partition coefficient (Wildman–Crippen LogP) is 2.69. The zero-order chi connectivity index (χ0) is 14.5. The van der Waals surface area contributed by atoms with Crippen molar-refractivity contribution in [2.45, 2.75) is 52.2 Å². The fourth-order valence-electron chi connectivity index (χ4n) is 2.61. The molecule has 0 aromatic carbocycles. The van der Waals surface area contributed by atoms with Crippen LogP contribution in [-0.4, -0.2) is 28.5 Å². The first-order valence-corrected chi connectivity index (χ1v) is 7.41. The Morgan fingerprint density at radius 1 is 1.40 bits per heavy atom. The predicted molar refractivity (Wildman–Crippen MR) is 75.4 cm³/mol. The molecule has 0 amide bonds. The van der Waals surface area contributed by atoms with Crippen LogP contribution < -0.4 is 0 Å². The third-order valence-electron chi connectivity index (χ3n) is 3.98. The Balaban J connectivity index is 1.95. The fourth-order valence-corrected chi connectivity index (χ4v) is 2.61. The van der Waals surface area contributed by atoms with Crippen molar-refractivity contribution in [3.8, 4) is 0 Å². The van der Waals surface area contributed by atoms with Crippen LogP contribution in [0.4, 0.5) is 0 Å². The van der Waals surface area contributed by atoms with Crippen LogP contribution in [0.25, 0.3) is 0 Å². The molecule has 0 saturated heterocycles. The molecule has 1 fully saturated rings. The lowest BCUT2D eigenvalue weighted by atomic mass is 9.89. The van der Waals surface area contributed by atoms with Gasteiger partial charge in [0.1, 0.15) is 5.56 Å². The molecule has 0 unspecified atom stereocenters. The number of aromatic nitrogens is 2. The quantitative estimate of drug-likeness (QED) is 0.778. The summed E-state index contributed by atoms with van der Waals surface area (Å²) in [5, 5.41) is 4.13. The van der Waals surface area contributed by atoms with Crippen molar-refractivity contribution < 1.29 is 14.3 Å². The molecule has 1 aliphatic carbocycles. The van der Waals surface area contributed by atoms with E-state index >= 15 is 0 Å². The van der Waals surface area contributed by atoms with Gasteiger partial charge in [0.2, 0.25) is 0 Å². The van der Waals surface area contributed by atoms with Gasteiger partial charge >= 0.3 is 5.97 Å². The molecule has 0 atom stereocenters. The van der Waals surface area contributed by atoms with Gasteiger partial charge in [0.15, 0.2) is 0 Å². The standard InChI is InChI=1S/C15H24N2O3/c1-4-19-15(18)13-9-16-17(3)14(13)10-20-12-7-5-11(2)6-8-12/h9,11-12H,4-8,10H2,1-3H3. The molecular formula is C15H24N2O3. The van der Waals surface area contributed by atoms with Crippen LogP contribution >= 0.6 is 0 Å². The normalized spacial score (nSPS) is 22.8. The summed E-state index contributed by atoms with van der Waals surface area (Å²) >= 11 is 0. The van der Waals surface area contributed by atoms with E-state index in [2.05, 4.69) is 12.0 Å². The van der Waals surface area contributed by atoms with E-state index in [1.165, 1.54) is 12.8 Å². The average Bonchev–Trinajstić information content (AvgIpc) is 2.80. The Labute approximate surface area is 120 Å². The van der Waals surface area contributed by atoms with Gasteiger partial charge in [0.05, 0.1) is 31.2 Å². The average molecular weight is 280 g/mol. The fraction of sp³-hybridized carbons (Fsp3) is 0.733. The van der Waals surface area contributed by atoms with Crippen LogP contribution in [0.2, 0.25) is 0 Å². The number of hydrogen-bond donors (Lipinski definition) is 0. The highest BCUT2D eigenvalue weighted by molar-refractivity contribution is 5.90. The SMILES string of the molecule is CCOC(=O)c1cnn(C)c1COC1CCC(C)CC1. The van der Waals surface area contributed by atoms with Crippen molar-refractivity contribution in [2.75, 3.05) is 6.61 Å². The molecule has 5 nitrogen and oxygen atoms in total. The first-order chi connectivity index (χ1) is 9.61.